The monoisotopic (exact) mass is 364 g/mol. The molecule has 5 heteroatoms. The van der Waals surface area contributed by atoms with Gasteiger partial charge in [-0.2, -0.15) is 0 Å². The molecular formula is C19H22Cl2N2O. The van der Waals surface area contributed by atoms with Crippen molar-refractivity contribution in [3.63, 3.8) is 0 Å². The van der Waals surface area contributed by atoms with E-state index in [1.54, 1.807) is 0 Å². The molecule has 0 radical (unpaired) electrons. The quantitative estimate of drug-likeness (QED) is 0.834. The number of benzene rings is 2. The molecular weight excluding hydrogens is 343 g/mol. The summed E-state index contributed by atoms with van der Waals surface area (Å²) < 4.78 is 0. The summed E-state index contributed by atoms with van der Waals surface area (Å²) in [4.78, 5) is 12.6. The van der Waals surface area contributed by atoms with E-state index in [0.717, 1.165) is 24.0 Å². The summed E-state index contributed by atoms with van der Waals surface area (Å²) in [5.41, 5.74) is 8.03. The molecule has 3 nitrogen and oxygen atoms in total. The molecule has 2 atom stereocenters. The van der Waals surface area contributed by atoms with Crippen molar-refractivity contribution in [3.05, 3.63) is 70.7 Å². The number of rotatable bonds is 5. The summed E-state index contributed by atoms with van der Waals surface area (Å²) >= 11 is 6.08. The molecule has 0 heterocycles. The highest BCUT2D eigenvalue weighted by Crippen LogP contribution is 2.46. The van der Waals surface area contributed by atoms with Gasteiger partial charge in [-0.05, 0) is 36.1 Å². The smallest absolute Gasteiger partial charge is 0.225 e. The van der Waals surface area contributed by atoms with Crippen LogP contribution in [0, 0.1) is 5.92 Å². The maximum atomic E-state index is 12.6. The number of hydrogen-bond donors (Lipinski definition) is 2. The van der Waals surface area contributed by atoms with Crippen molar-refractivity contribution in [2.75, 3.05) is 0 Å². The van der Waals surface area contributed by atoms with Gasteiger partial charge in [0.2, 0.25) is 5.91 Å². The zero-order valence-electron chi connectivity index (χ0n) is 13.5. The van der Waals surface area contributed by atoms with Crippen molar-refractivity contribution >= 4 is 29.9 Å². The van der Waals surface area contributed by atoms with E-state index in [-0.39, 0.29) is 35.8 Å². The van der Waals surface area contributed by atoms with Gasteiger partial charge < -0.3 is 11.1 Å². The Balaban J connectivity index is 0.00000208. The van der Waals surface area contributed by atoms with Gasteiger partial charge >= 0.3 is 0 Å². The molecule has 0 bridgehead atoms. The Bertz CT molecular complexity index is 702. The number of nitrogens with two attached hydrogens (primary N) is 1. The molecule has 0 aliphatic heterocycles. The highest BCUT2D eigenvalue weighted by Gasteiger charge is 2.46. The molecule has 24 heavy (non-hydrogen) atoms. The van der Waals surface area contributed by atoms with Gasteiger partial charge in [0.05, 0.1) is 11.5 Å². The molecule has 0 saturated heterocycles. The first kappa shape index (κ1) is 18.8. The first-order valence-corrected chi connectivity index (χ1v) is 8.28. The molecule has 2 aromatic carbocycles. The first-order valence-electron chi connectivity index (χ1n) is 7.90. The van der Waals surface area contributed by atoms with Gasteiger partial charge in [0.15, 0.2) is 0 Å². The summed E-state index contributed by atoms with van der Waals surface area (Å²) in [5.74, 6) is -0.312. The van der Waals surface area contributed by atoms with Crippen LogP contribution in [-0.4, -0.2) is 5.91 Å². The van der Waals surface area contributed by atoms with Gasteiger partial charge in [0.25, 0.3) is 0 Å². The van der Waals surface area contributed by atoms with E-state index in [1.807, 2.05) is 61.5 Å². The Morgan fingerprint density at radius 3 is 2.42 bits per heavy atom. The number of carbonyl (C=O) groups excluding carboxylic acids is 1. The lowest BCUT2D eigenvalue weighted by Gasteiger charge is -2.24. The molecule has 1 amide bonds. The maximum absolute atomic E-state index is 12.6. The predicted octanol–water partition coefficient (Wildman–Crippen LogP) is 4.20. The van der Waals surface area contributed by atoms with Crippen LogP contribution in [0.5, 0.6) is 0 Å². The van der Waals surface area contributed by atoms with Crippen molar-refractivity contribution < 1.29 is 4.79 Å². The second-order valence-electron chi connectivity index (χ2n) is 6.31. The molecule has 1 saturated carbocycles. The normalized spacial score (nSPS) is 17.3. The largest absolute Gasteiger partial charge is 0.346 e. The molecule has 0 aromatic heterocycles. The lowest BCUT2D eigenvalue weighted by molar-refractivity contribution is -0.126. The van der Waals surface area contributed by atoms with Gasteiger partial charge in [0.1, 0.15) is 0 Å². The summed E-state index contributed by atoms with van der Waals surface area (Å²) in [5, 5.41) is 3.88. The lowest BCUT2D eigenvalue weighted by atomic mass is 9.93. The van der Waals surface area contributed by atoms with E-state index in [2.05, 4.69) is 5.32 Å². The number of nitrogens with one attached hydrogen (secondary N) is 1. The third-order valence-corrected chi connectivity index (χ3v) is 4.86. The third kappa shape index (κ3) is 3.92. The summed E-state index contributed by atoms with van der Waals surface area (Å²) in [7, 11) is 0. The van der Waals surface area contributed by atoms with E-state index in [9.17, 15) is 4.79 Å². The Kier molecular flexibility index (Phi) is 5.92. The minimum atomic E-state index is -0.314. The van der Waals surface area contributed by atoms with Crippen LogP contribution in [0.3, 0.4) is 0 Å². The second kappa shape index (κ2) is 7.56. The van der Waals surface area contributed by atoms with Gasteiger partial charge in [-0.25, -0.2) is 0 Å². The Labute approximate surface area is 154 Å². The van der Waals surface area contributed by atoms with E-state index >= 15 is 0 Å². The van der Waals surface area contributed by atoms with Crippen molar-refractivity contribution in [1.29, 1.82) is 0 Å². The molecule has 1 aliphatic rings. The molecule has 3 N–H and O–H groups in total. The fourth-order valence-electron chi connectivity index (χ4n) is 2.87. The third-order valence-electron chi connectivity index (χ3n) is 4.63. The standard InChI is InChI=1S/C19H21ClN2O.ClH/c1-13(17(21)14-6-3-2-4-7-14)18(23)22-19(10-11-19)15-8-5-9-16(20)12-15;/h2-9,12-13,17H,10-11,21H2,1H3,(H,22,23);1H. The Morgan fingerprint density at radius 1 is 1.17 bits per heavy atom. The second-order valence-corrected chi connectivity index (χ2v) is 6.74. The van der Waals surface area contributed by atoms with Gasteiger partial charge in [-0.1, -0.05) is 61.0 Å². The number of halogens is 2. The van der Waals surface area contributed by atoms with Crippen molar-refractivity contribution in [1.82, 2.24) is 5.32 Å². The minimum Gasteiger partial charge on any atom is -0.346 e. The number of carbonyl (C=O) groups is 1. The van der Waals surface area contributed by atoms with Crippen LogP contribution in [0.25, 0.3) is 0 Å². The zero-order chi connectivity index (χ0) is 16.4. The van der Waals surface area contributed by atoms with Crippen LogP contribution in [0.4, 0.5) is 0 Å². The summed E-state index contributed by atoms with van der Waals surface area (Å²) in [6, 6.07) is 17.1. The Morgan fingerprint density at radius 2 is 1.83 bits per heavy atom. The fourth-order valence-corrected chi connectivity index (χ4v) is 3.06. The van der Waals surface area contributed by atoms with Crippen molar-refractivity contribution in [2.45, 2.75) is 31.3 Å². The van der Waals surface area contributed by atoms with Crippen LogP contribution >= 0.6 is 24.0 Å². The molecule has 1 aliphatic carbocycles. The highest BCUT2D eigenvalue weighted by atomic mass is 35.5. The predicted molar refractivity (Wildman–Crippen MR) is 100 cm³/mol. The molecule has 0 spiro atoms. The highest BCUT2D eigenvalue weighted by molar-refractivity contribution is 6.30. The van der Waals surface area contributed by atoms with Crippen LogP contribution in [0.1, 0.15) is 36.9 Å². The van der Waals surface area contributed by atoms with E-state index in [1.165, 1.54) is 0 Å². The first-order chi connectivity index (χ1) is 11.0. The lowest BCUT2D eigenvalue weighted by Crippen LogP contribution is -2.41. The van der Waals surface area contributed by atoms with Gasteiger partial charge in [0, 0.05) is 11.1 Å². The molecule has 2 unspecified atom stereocenters. The van der Waals surface area contributed by atoms with E-state index < -0.39 is 0 Å². The summed E-state index contributed by atoms with van der Waals surface area (Å²) in [6.07, 6.45) is 1.87. The van der Waals surface area contributed by atoms with Crippen molar-refractivity contribution in [2.24, 2.45) is 11.7 Å². The summed E-state index contributed by atoms with van der Waals surface area (Å²) in [6.45, 7) is 1.88. The van der Waals surface area contributed by atoms with Crippen LogP contribution in [-0.2, 0) is 10.3 Å². The molecule has 128 valence electrons. The minimum absolute atomic E-state index is 0. The average Bonchev–Trinajstić information content (AvgIpc) is 3.35. The molecule has 1 fully saturated rings. The van der Waals surface area contributed by atoms with Crippen LogP contribution in [0.15, 0.2) is 54.6 Å². The van der Waals surface area contributed by atoms with Gasteiger partial charge in [-0.3, -0.25) is 4.79 Å². The zero-order valence-corrected chi connectivity index (χ0v) is 15.1. The van der Waals surface area contributed by atoms with E-state index in [0.29, 0.717) is 5.02 Å². The van der Waals surface area contributed by atoms with Crippen LogP contribution < -0.4 is 11.1 Å². The fraction of sp³-hybridized carbons (Fsp3) is 0.316. The average molecular weight is 365 g/mol. The van der Waals surface area contributed by atoms with Gasteiger partial charge in [-0.15, -0.1) is 12.4 Å². The number of hydrogen-bond acceptors (Lipinski definition) is 2. The van der Waals surface area contributed by atoms with Crippen molar-refractivity contribution in [3.8, 4) is 0 Å². The number of amides is 1. The SMILES string of the molecule is CC(C(=O)NC1(c2cccc(Cl)c2)CC1)C(N)c1ccccc1.Cl. The van der Waals surface area contributed by atoms with Crippen LogP contribution in [0.2, 0.25) is 5.02 Å². The Hall–Kier alpha value is -1.55. The van der Waals surface area contributed by atoms with E-state index in [4.69, 9.17) is 17.3 Å². The molecule has 3 rings (SSSR count). The maximum Gasteiger partial charge on any atom is 0.225 e. The molecule has 2 aromatic rings. The topological polar surface area (TPSA) is 55.1 Å².